The van der Waals surface area contributed by atoms with E-state index in [-0.39, 0.29) is 17.1 Å². The minimum absolute atomic E-state index is 0.0586. The molecule has 2 aromatic heterocycles. The van der Waals surface area contributed by atoms with Crippen LogP contribution in [0.4, 0.5) is 5.95 Å². The van der Waals surface area contributed by atoms with Crippen LogP contribution in [0.5, 0.6) is 0 Å². The van der Waals surface area contributed by atoms with Gasteiger partial charge < -0.3 is 60.5 Å². The number of nitrogens with two attached hydrogens (primary N) is 1. The van der Waals surface area contributed by atoms with Crippen LogP contribution in [0.15, 0.2) is 11.1 Å². The molecule has 2 saturated heterocycles. The Morgan fingerprint density at radius 2 is 1.67 bits per heavy atom. The van der Waals surface area contributed by atoms with E-state index in [1.165, 1.54) is 6.92 Å². The highest BCUT2D eigenvalue weighted by Gasteiger charge is 2.46. The van der Waals surface area contributed by atoms with E-state index in [0.29, 0.717) is 0 Å². The van der Waals surface area contributed by atoms with Gasteiger partial charge in [-0.25, -0.2) is 14.1 Å². The van der Waals surface area contributed by atoms with Crippen LogP contribution in [0.1, 0.15) is 13.2 Å². The van der Waals surface area contributed by atoms with Crippen molar-refractivity contribution in [2.24, 2.45) is 0 Å². The Balaban J connectivity index is 0.000000320. The molecule has 12 N–H and O–H groups in total. The third-order valence-corrected chi connectivity index (χ3v) is 7.65. The van der Waals surface area contributed by atoms with Gasteiger partial charge in [-0.15, -0.1) is 0 Å². The molecular weight excluding hydrogens is 580 g/mol. The van der Waals surface area contributed by atoms with E-state index in [9.17, 15) is 29.0 Å². The van der Waals surface area contributed by atoms with Crippen LogP contribution in [-0.4, -0.2) is 120 Å². The van der Waals surface area contributed by atoms with E-state index in [1.807, 2.05) is 0 Å². The fourth-order valence-corrected chi connectivity index (χ4v) is 5.18. The zero-order valence-electron chi connectivity index (χ0n) is 19.7. The van der Waals surface area contributed by atoms with Crippen molar-refractivity contribution in [3.63, 3.8) is 0 Å². The van der Waals surface area contributed by atoms with E-state index < -0.39 is 83.1 Å². The summed E-state index contributed by atoms with van der Waals surface area (Å²) in [4.78, 5) is 48.1. The number of H-pyrrole nitrogens is 1. The molecular formula is C16H27N5O16P2. The standard InChI is InChI=1S/C10H15N5O11P2.C6H12O5/c11-10-13-7-4(8(18)14-10)12-2-15(7)9-6(17)5(16)3(25-9)1-24-28(22,23)26-27(19,20)21;1-2-3(7)4(8)5(9)6(10)11-2/h2-3,5-6,9,16-17H,1H2,(H,22,23)(H2,19,20,21)(H3,11,13,14,18);2-10H,1H3/t3-,5-,6-,9-;2-,3+,4+,5-,6-/m10/s1. The van der Waals surface area contributed by atoms with Gasteiger partial charge in [-0.2, -0.15) is 9.29 Å². The molecule has 2 fully saturated rings. The van der Waals surface area contributed by atoms with Crippen LogP contribution in [-0.2, 0) is 27.4 Å². The summed E-state index contributed by atoms with van der Waals surface area (Å²) < 4.78 is 41.3. The quantitative estimate of drug-likeness (QED) is 0.137. The number of hydrogen-bond donors (Lipinski definition) is 11. The summed E-state index contributed by atoms with van der Waals surface area (Å²) in [6.07, 6.45) is -10.9. The van der Waals surface area contributed by atoms with Gasteiger partial charge in [0.05, 0.1) is 19.0 Å². The number of aliphatic hydroxyl groups excluding tert-OH is 6. The zero-order chi connectivity index (χ0) is 29.4. The van der Waals surface area contributed by atoms with Gasteiger partial charge >= 0.3 is 15.6 Å². The number of anilines is 1. The van der Waals surface area contributed by atoms with Gasteiger partial charge in [-0.05, 0) is 6.92 Å². The second kappa shape index (κ2) is 11.9. The molecule has 0 aliphatic carbocycles. The molecule has 21 nitrogen and oxygen atoms in total. The second-order valence-electron chi connectivity index (χ2n) is 8.36. The lowest BCUT2D eigenvalue weighted by Gasteiger charge is -2.36. The predicted molar refractivity (Wildman–Crippen MR) is 122 cm³/mol. The Labute approximate surface area is 216 Å². The Morgan fingerprint density at radius 3 is 2.28 bits per heavy atom. The maximum absolute atomic E-state index is 11.8. The largest absolute Gasteiger partial charge is 0.481 e. The average Bonchev–Trinajstić information content (AvgIpc) is 3.35. The molecule has 4 heterocycles. The minimum atomic E-state index is -5.32. The summed E-state index contributed by atoms with van der Waals surface area (Å²) in [5, 5.41) is 56.2. The molecule has 222 valence electrons. The lowest BCUT2D eigenvalue weighted by molar-refractivity contribution is -0.277. The predicted octanol–water partition coefficient (Wildman–Crippen LogP) is -4.65. The second-order valence-corrected chi connectivity index (χ2v) is 11.2. The van der Waals surface area contributed by atoms with Crippen molar-refractivity contribution < 1.29 is 72.8 Å². The minimum Gasteiger partial charge on any atom is -0.388 e. The molecule has 0 aromatic carbocycles. The Bertz CT molecular complexity index is 1290. The first-order valence-electron chi connectivity index (χ1n) is 10.8. The highest BCUT2D eigenvalue weighted by atomic mass is 31.3. The van der Waals surface area contributed by atoms with Gasteiger partial charge in [0.1, 0.15) is 36.6 Å². The lowest BCUT2D eigenvalue weighted by atomic mass is 10.0. The number of hydrogen-bond acceptors (Lipinski definition) is 16. The molecule has 0 spiro atoms. The summed E-state index contributed by atoms with van der Waals surface area (Å²) in [6, 6.07) is 0. The van der Waals surface area contributed by atoms with Crippen molar-refractivity contribution in [3.8, 4) is 0 Å². The lowest BCUT2D eigenvalue weighted by Crippen LogP contribution is -2.56. The molecule has 2 aromatic rings. The maximum Gasteiger partial charge on any atom is 0.481 e. The number of ether oxygens (including phenoxy) is 2. The van der Waals surface area contributed by atoms with Crippen molar-refractivity contribution in [1.29, 1.82) is 0 Å². The summed E-state index contributed by atoms with van der Waals surface area (Å²) >= 11 is 0. The van der Waals surface area contributed by atoms with Crippen molar-refractivity contribution in [3.05, 3.63) is 16.7 Å². The van der Waals surface area contributed by atoms with Crippen molar-refractivity contribution in [1.82, 2.24) is 19.5 Å². The van der Waals surface area contributed by atoms with E-state index in [4.69, 9.17) is 40.7 Å². The number of phosphoric ester groups is 1. The number of nitrogens with one attached hydrogen (secondary N) is 1. The first-order valence-corrected chi connectivity index (χ1v) is 13.8. The van der Waals surface area contributed by atoms with Gasteiger partial charge in [0, 0.05) is 0 Å². The number of imidazole rings is 1. The summed E-state index contributed by atoms with van der Waals surface area (Å²) in [6.45, 7) is 0.633. The van der Waals surface area contributed by atoms with E-state index in [1.54, 1.807) is 0 Å². The number of aromatic amines is 1. The van der Waals surface area contributed by atoms with Gasteiger partial charge in [0.15, 0.2) is 23.7 Å². The van der Waals surface area contributed by atoms with E-state index in [2.05, 4.69) is 28.5 Å². The normalized spacial score (nSPS) is 34.9. The Kier molecular flexibility index (Phi) is 9.65. The molecule has 2 aliphatic rings. The third kappa shape index (κ3) is 7.44. The third-order valence-electron chi connectivity index (χ3n) is 5.50. The topological polar surface area (TPSA) is 343 Å². The van der Waals surface area contributed by atoms with Crippen molar-refractivity contribution >= 4 is 32.8 Å². The van der Waals surface area contributed by atoms with Crippen LogP contribution in [0.3, 0.4) is 0 Å². The van der Waals surface area contributed by atoms with Gasteiger partial charge in [-0.3, -0.25) is 18.9 Å². The van der Waals surface area contributed by atoms with Crippen LogP contribution in [0, 0.1) is 0 Å². The van der Waals surface area contributed by atoms with Crippen LogP contribution >= 0.6 is 15.6 Å². The molecule has 0 radical (unpaired) electrons. The first kappa shape index (κ1) is 31.6. The number of rotatable bonds is 6. The Morgan fingerprint density at radius 1 is 1.03 bits per heavy atom. The smallest absolute Gasteiger partial charge is 0.388 e. The summed E-state index contributed by atoms with van der Waals surface area (Å²) in [7, 11) is -10.5. The summed E-state index contributed by atoms with van der Waals surface area (Å²) in [5.74, 6) is -0.233. The highest BCUT2D eigenvalue weighted by molar-refractivity contribution is 7.60. The van der Waals surface area contributed by atoms with Crippen molar-refractivity contribution in [2.75, 3.05) is 12.3 Å². The molecule has 23 heteroatoms. The number of aromatic nitrogens is 4. The van der Waals surface area contributed by atoms with Crippen LogP contribution in [0.2, 0.25) is 0 Å². The van der Waals surface area contributed by atoms with Crippen LogP contribution in [0.25, 0.3) is 11.2 Å². The van der Waals surface area contributed by atoms with E-state index in [0.717, 1.165) is 10.9 Å². The number of phosphoric acid groups is 2. The average molecular weight is 607 g/mol. The Hall–Kier alpha value is -1.91. The SMILES string of the molecule is C[C@@H]1O[C@H](O)[C@@H](O)[C@H](O)[C@@H]1O.Nc1nc2c(ncn2[C@@H]2O[C@H](COP(=O)(O)OP(=O)(O)O)[C@@H](O)[C@H]2O)c(=O)[nH]1. The first-order chi connectivity index (χ1) is 17.9. The monoisotopic (exact) mass is 607 g/mol. The maximum atomic E-state index is 11.8. The molecule has 0 saturated carbocycles. The number of fused-ring (bicyclic) bond motifs is 1. The van der Waals surface area contributed by atoms with E-state index >= 15 is 0 Å². The molecule has 39 heavy (non-hydrogen) atoms. The molecule has 1 unspecified atom stereocenters. The number of nitrogen functional groups attached to an aromatic ring is 1. The van der Waals surface area contributed by atoms with Crippen LogP contribution < -0.4 is 11.3 Å². The molecule has 0 bridgehead atoms. The fraction of sp³-hybridized carbons (Fsp3) is 0.688. The molecule has 4 rings (SSSR count). The zero-order valence-corrected chi connectivity index (χ0v) is 21.5. The van der Waals surface area contributed by atoms with Gasteiger partial charge in [0.25, 0.3) is 5.56 Å². The summed E-state index contributed by atoms with van der Waals surface area (Å²) in [5.41, 5.74) is 4.65. The van der Waals surface area contributed by atoms with Crippen molar-refractivity contribution in [2.45, 2.75) is 62.2 Å². The van der Waals surface area contributed by atoms with Gasteiger partial charge in [-0.1, -0.05) is 0 Å². The molecule has 10 atom stereocenters. The molecule has 2 aliphatic heterocycles. The number of aliphatic hydroxyl groups is 6. The highest BCUT2D eigenvalue weighted by Crippen LogP contribution is 2.57. The number of nitrogens with zero attached hydrogens (tertiary/aromatic N) is 3. The van der Waals surface area contributed by atoms with Gasteiger partial charge in [0.2, 0.25) is 5.95 Å². The molecule has 0 amide bonds. The fourth-order valence-electron chi connectivity index (χ4n) is 3.58.